The minimum absolute atomic E-state index is 0.273. The molecule has 0 saturated carbocycles. The van der Waals surface area contributed by atoms with Crippen LogP contribution in [0.4, 0.5) is 5.69 Å². The average Bonchev–Trinajstić information content (AvgIpc) is 2.32. The zero-order chi connectivity index (χ0) is 11.4. The summed E-state index contributed by atoms with van der Waals surface area (Å²) in [5.74, 6) is 0.920. The molecule has 0 spiro atoms. The lowest BCUT2D eigenvalue weighted by molar-refractivity contribution is -0.130. The molecule has 0 aliphatic carbocycles. The van der Waals surface area contributed by atoms with Crippen molar-refractivity contribution in [2.45, 2.75) is 17.4 Å². The molecule has 1 saturated heterocycles. The molecule has 1 aromatic rings. The van der Waals surface area contributed by atoms with Crippen molar-refractivity contribution in [1.82, 2.24) is 0 Å². The van der Waals surface area contributed by atoms with Crippen molar-refractivity contribution in [3.05, 3.63) is 23.2 Å². The fourth-order valence-corrected chi connectivity index (χ4v) is 2.67. The van der Waals surface area contributed by atoms with Crippen LogP contribution in [0.15, 0.2) is 23.1 Å². The lowest BCUT2D eigenvalue weighted by Gasteiger charge is -2.22. The normalized spacial score (nSPS) is 20.9. The first-order valence-electron chi connectivity index (χ1n) is 5.13. The number of ether oxygens (including phenoxy) is 2. The molecule has 2 N–H and O–H groups in total. The fourth-order valence-electron chi connectivity index (χ4n) is 1.42. The van der Waals surface area contributed by atoms with Gasteiger partial charge in [0.05, 0.1) is 23.4 Å². The third kappa shape index (κ3) is 3.28. The van der Waals surface area contributed by atoms with Gasteiger partial charge in [0.2, 0.25) is 0 Å². The number of rotatable bonds is 3. The van der Waals surface area contributed by atoms with E-state index in [2.05, 4.69) is 0 Å². The summed E-state index contributed by atoms with van der Waals surface area (Å²) in [4.78, 5) is 1.12. The van der Waals surface area contributed by atoms with Crippen LogP contribution in [-0.2, 0) is 9.47 Å². The van der Waals surface area contributed by atoms with E-state index in [1.807, 2.05) is 18.2 Å². The Labute approximate surface area is 104 Å². The maximum absolute atomic E-state index is 5.95. The van der Waals surface area contributed by atoms with Crippen molar-refractivity contribution in [2.24, 2.45) is 0 Å². The Balaban J connectivity index is 1.86. The van der Waals surface area contributed by atoms with Gasteiger partial charge in [-0.2, -0.15) is 0 Å². The van der Waals surface area contributed by atoms with E-state index in [1.54, 1.807) is 11.8 Å². The van der Waals surface area contributed by atoms with E-state index in [1.165, 1.54) is 0 Å². The molecule has 0 radical (unpaired) electrons. The Bertz CT molecular complexity index is 356. The van der Waals surface area contributed by atoms with E-state index in [0.29, 0.717) is 17.5 Å². The number of hydrogen-bond acceptors (Lipinski definition) is 4. The number of benzene rings is 1. The van der Waals surface area contributed by atoms with Gasteiger partial charge in [-0.3, -0.25) is 0 Å². The molecule has 1 fully saturated rings. The van der Waals surface area contributed by atoms with E-state index in [-0.39, 0.29) is 6.10 Å². The average molecular weight is 260 g/mol. The van der Waals surface area contributed by atoms with Crippen LogP contribution in [0.25, 0.3) is 0 Å². The standard InChI is InChI=1S/C11H14ClNO2S/c12-10-5-9(1-2-11(10)13)16-6-8-3-4-14-7-15-8/h1-2,5,8H,3-4,6-7,13H2. The zero-order valence-electron chi connectivity index (χ0n) is 8.82. The van der Waals surface area contributed by atoms with Crippen molar-refractivity contribution < 1.29 is 9.47 Å². The summed E-state index contributed by atoms with van der Waals surface area (Å²) >= 11 is 7.68. The maximum atomic E-state index is 5.95. The van der Waals surface area contributed by atoms with Crippen molar-refractivity contribution in [3.63, 3.8) is 0 Å². The molecule has 1 unspecified atom stereocenters. The number of thioether (sulfide) groups is 1. The molecule has 0 bridgehead atoms. The molecule has 16 heavy (non-hydrogen) atoms. The number of nitrogens with two attached hydrogens (primary N) is 1. The molecule has 3 nitrogen and oxygen atoms in total. The van der Waals surface area contributed by atoms with Crippen LogP contribution in [0.3, 0.4) is 0 Å². The number of halogens is 1. The molecule has 1 aliphatic rings. The van der Waals surface area contributed by atoms with Gasteiger partial charge in [-0.25, -0.2) is 0 Å². The van der Waals surface area contributed by atoms with Crippen LogP contribution in [0, 0.1) is 0 Å². The maximum Gasteiger partial charge on any atom is 0.147 e. The smallest absolute Gasteiger partial charge is 0.147 e. The van der Waals surface area contributed by atoms with E-state index < -0.39 is 0 Å². The highest BCUT2D eigenvalue weighted by Gasteiger charge is 2.14. The molecular weight excluding hydrogens is 246 g/mol. The predicted molar refractivity (Wildman–Crippen MR) is 66.9 cm³/mol. The van der Waals surface area contributed by atoms with Crippen LogP contribution in [0.2, 0.25) is 5.02 Å². The lowest BCUT2D eigenvalue weighted by atomic mass is 10.3. The minimum Gasteiger partial charge on any atom is -0.398 e. The third-order valence-electron chi connectivity index (χ3n) is 2.38. The van der Waals surface area contributed by atoms with Crippen molar-refractivity contribution in [3.8, 4) is 0 Å². The van der Waals surface area contributed by atoms with E-state index in [0.717, 1.165) is 23.7 Å². The first-order valence-corrected chi connectivity index (χ1v) is 6.49. The van der Waals surface area contributed by atoms with Crippen molar-refractivity contribution in [2.75, 3.05) is 24.9 Å². The van der Waals surface area contributed by atoms with Gasteiger partial charge in [0.25, 0.3) is 0 Å². The first-order chi connectivity index (χ1) is 7.75. The molecule has 1 aromatic carbocycles. The highest BCUT2D eigenvalue weighted by atomic mass is 35.5. The van der Waals surface area contributed by atoms with E-state index >= 15 is 0 Å². The Morgan fingerprint density at radius 2 is 2.38 bits per heavy atom. The summed E-state index contributed by atoms with van der Waals surface area (Å²) in [7, 11) is 0. The van der Waals surface area contributed by atoms with E-state index in [9.17, 15) is 0 Å². The largest absolute Gasteiger partial charge is 0.398 e. The minimum atomic E-state index is 0.273. The highest BCUT2D eigenvalue weighted by Crippen LogP contribution is 2.27. The summed E-state index contributed by atoms with van der Waals surface area (Å²) in [6, 6.07) is 5.70. The summed E-state index contributed by atoms with van der Waals surface area (Å²) in [5.41, 5.74) is 6.26. The molecule has 1 atom stereocenters. The molecule has 1 heterocycles. The Hall–Kier alpha value is -0.420. The van der Waals surface area contributed by atoms with Gasteiger partial charge in [-0.15, -0.1) is 11.8 Å². The molecule has 0 amide bonds. The van der Waals surface area contributed by atoms with Crippen LogP contribution in [-0.4, -0.2) is 25.3 Å². The molecule has 2 rings (SSSR count). The molecular formula is C11H14ClNO2S. The summed E-state index contributed by atoms with van der Waals surface area (Å²) < 4.78 is 10.6. The Kier molecular flexibility index (Phi) is 4.35. The Morgan fingerprint density at radius 1 is 1.50 bits per heavy atom. The quantitative estimate of drug-likeness (QED) is 0.670. The molecule has 0 aromatic heterocycles. The second-order valence-electron chi connectivity index (χ2n) is 3.60. The van der Waals surface area contributed by atoms with Gasteiger partial charge in [-0.05, 0) is 24.6 Å². The molecule has 88 valence electrons. The summed E-state index contributed by atoms with van der Waals surface area (Å²) in [5, 5.41) is 0.609. The van der Waals surface area contributed by atoms with Gasteiger partial charge in [0, 0.05) is 10.6 Å². The summed E-state index contributed by atoms with van der Waals surface area (Å²) in [6.45, 7) is 1.20. The SMILES string of the molecule is Nc1ccc(SCC2CCOCO2)cc1Cl. The Morgan fingerprint density at radius 3 is 3.06 bits per heavy atom. The van der Waals surface area contributed by atoms with Gasteiger partial charge in [-0.1, -0.05) is 11.6 Å². The monoisotopic (exact) mass is 259 g/mol. The lowest BCUT2D eigenvalue weighted by Crippen LogP contribution is -2.25. The second-order valence-corrected chi connectivity index (χ2v) is 5.10. The summed E-state index contributed by atoms with van der Waals surface area (Å²) in [6.07, 6.45) is 1.23. The van der Waals surface area contributed by atoms with Crippen LogP contribution >= 0.6 is 23.4 Å². The molecule has 1 aliphatic heterocycles. The van der Waals surface area contributed by atoms with Crippen molar-refractivity contribution >= 4 is 29.1 Å². The zero-order valence-corrected chi connectivity index (χ0v) is 10.4. The number of hydrogen-bond donors (Lipinski definition) is 1. The first kappa shape index (κ1) is 12.0. The number of nitrogen functional groups attached to an aromatic ring is 1. The van der Waals surface area contributed by atoms with Gasteiger partial charge in [0.15, 0.2) is 0 Å². The number of anilines is 1. The van der Waals surface area contributed by atoms with Crippen LogP contribution < -0.4 is 5.73 Å². The predicted octanol–water partition coefficient (Wildman–Crippen LogP) is 2.78. The third-order valence-corrected chi connectivity index (χ3v) is 3.83. The molecule has 5 heteroatoms. The van der Waals surface area contributed by atoms with E-state index in [4.69, 9.17) is 26.8 Å². The topological polar surface area (TPSA) is 44.5 Å². The van der Waals surface area contributed by atoms with Crippen LogP contribution in [0.1, 0.15) is 6.42 Å². The fraction of sp³-hybridized carbons (Fsp3) is 0.455. The van der Waals surface area contributed by atoms with Gasteiger partial charge in [0.1, 0.15) is 6.79 Å². The highest BCUT2D eigenvalue weighted by molar-refractivity contribution is 7.99. The second kappa shape index (κ2) is 5.77. The van der Waals surface area contributed by atoms with Crippen molar-refractivity contribution in [1.29, 1.82) is 0 Å². The van der Waals surface area contributed by atoms with Gasteiger partial charge >= 0.3 is 0 Å². The van der Waals surface area contributed by atoms with Crippen LogP contribution in [0.5, 0.6) is 0 Å². The van der Waals surface area contributed by atoms with Gasteiger partial charge < -0.3 is 15.2 Å².